The van der Waals surface area contributed by atoms with Crippen molar-refractivity contribution in [3.05, 3.63) is 17.5 Å². The molecule has 1 heterocycles. The van der Waals surface area contributed by atoms with E-state index in [-0.39, 0.29) is 5.97 Å². The van der Waals surface area contributed by atoms with Crippen molar-refractivity contribution < 1.29 is 9.53 Å². The lowest BCUT2D eigenvalue weighted by Gasteiger charge is -2.06. The van der Waals surface area contributed by atoms with E-state index in [4.69, 9.17) is 4.74 Å². The number of carbonyl (C=O) groups excluding carboxylic acids is 1. The summed E-state index contributed by atoms with van der Waals surface area (Å²) in [5.41, 5.74) is 1.71. The highest BCUT2D eigenvalue weighted by Crippen LogP contribution is 2.44. The third-order valence-electron chi connectivity index (χ3n) is 3.25. The second kappa shape index (κ2) is 4.49. The molecule has 1 unspecified atom stereocenters. The molecule has 1 aliphatic carbocycles. The van der Waals surface area contributed by atoms with Crippen LogP contribution in [0, 0.1) is 5.41 Å². The quantitative estimate of drug-likeness (QED) is 0.761. The maximum absolute atomic E-state index is 11.6. The number of hydrogen-bond donors (Lipinski definition) is 2. The van der Waals surface area contributed by atoms with E-state index in [0.717, 1.165) is 5.56 Å². The van der Waals surface area contributed by atoms with E-state index in [2.05, 4.69) is 29.4 Å². The van der Waals surface area contributed by atoms with E-state index in [1.54, 1.807) is 13.1 Å². The molecule has 2 N–H and O–H groups in total. The van der Waals surface area contributed by atoms with Gasteiger partial charge in [-0.25, -0.2) is 4.79 Å². The molecule has 1 aromatic heterocycles. The van der Waals surface area contributed by atoms with Crippen molar-refractivity contribution in [2.45, 2.75) is 39.8 Å². The van der Waals surface area contributed by atoms with E-state index in [1.807, 2.05) is 0 Å². The number of aromatic nitrogens is 2. The van der Waals surface area contributed by atoms with Gasteiger partial charge in [-0.3, -0.25) is 5.10 Å². The molecule has 94 valence electrons. The first-order valence-electron chi connectivity index (χ1n) is 5.97. The van der Waals surface area contributed by atoms with Crippen LogP contribution in [-0.4, -0.2) is 28.8 Å². The Hall–Kier alpha value is -1.36. The summed E-state index contributed by atoms with van der Waals surface area (Å²) in [4.78, 5) is 11.6. The fourth-order valence-corrected chi connectivity index (χ4v) is 1.87. The van der Waals surface area contributed by atoms with Crippen molar-refractivity contribution in [3.63, 3.8) is 0 Å². The van der Waals surface area contributed by atoms with Gasteiger partial charge in [0.1, 0.15) is 5.69 Å². The van der Waals surface area contributed by atoms with Crippen molar-refractivity contribution in [2.24, 2.45) is 5.41 Å². The van der Waals surface area contributed by atoms with Gasteiger partial charge in [0.15, 0.2) is 0 Å². The van der Waals surface area contributed by atoms with Gasteiger partial charge in [-0.15, -0.1) is 0 Å². The molecule has 17 heavy (non-hydrogen) atoms. The van der Waals surface area contributed by atoms with Gasteiger partial charge >= 0.3 is 5.97 Å². The molecule has 1 fully saturated rings. The second-order valence-corrected chi connectivity index (χ2v) is 5.12. The topological polar surface area (TPSA) is 67.0 Å². The molecule has 1 saturated carbocycles. The summed E-state index contributed by atoms with van der Waals surface area (Å²) in [7, 11) is 0. The monoisotopic (exact) mass is 237 g/mol. The number of carbonyl (C=O) groups is 1. The number of hydrogen-bond acceptors (Lipinski definition) is 4. The summed E-state index contributed by atoms with van der Waals surface area (Å²) in [6.07, 6.45) is 2.86. The highest BCUT2D eigenvalue weighted by Gasteiger charge is 2.45. The Balaban J connectivity index is 1.93. The molecule has 2 rings (SSSR count). The van der Waals surface area contributed by atoms with Crippen LogP contribution >= 0.6 is 0 Å². The molecular formula is C12H19N3O2. The zero-order valence-electron chi connectivity index (χ0n) is 10.5. The minimum Gasteiger partial charge on any atom is -0.461 e. The van der Waals surface area contributed by atoms with Gasteiger partial charge in [-0.1, -0.05) is 13.8 Å². The van der Waals surface area contributed by atoms with Crippen LogP contribution in [0.15, 0.2) is 6.20 Å². The van der Waals surface area contributed by atoms with Crippen molar-refractivity contribution in [1.29, 1.82) is 0 Å². The number of rotatable bonds is 5. The zero-order chi connectivity index (χ0) is 12.5. The lowest BCUT2D eigenvalue weighted by Crippen LogP contribution is -2.21. The molecular weight excluding hydrogens is 218 g/mol. The summed E-state index contributed by atoms with van der Waals surface area (Å²) in [6.45, 7) is 7.27. The van der Waals surface area contributed by atoms with Gasteiger partial charge in [-0.05, 0) is 18.8 Å². The summed E-state index contributed by atoms with van der Waals surface area (Å²) in [5.74, 6) is -0.336. The average molecular weight is 237 g/mol. The van der Waals surface area contributed by atoms with Gasteiger partial charge < -0.3 is 10.1 Å². The highest BCUT2D eigenvalue weighted by atomic mass is 16.5. The smallest absolute Gasteiger partial charge is 0.356 e. The normalized spacial score (nSPS) is 21.2. The van der Waals surface area contributed by atoms with Crippen molar-refractivity contribution in [2.75, 3.05) is 6.61 Å². The molecule has 5 nitrogen and oxygen atoms in total. The minimum absolute atomic E-state index is 0.336. The van der Waals surface area contributed by atoms with Gasteiger partial charge in [0.25, 0.3) is 0 Å². The predicted octanol–water partition coefficient (Wildman–Crippen LogP) is 1.47. The van der Waals surface area contributed by atoms with Crippen LogP contribution in [0.5, 0.6) is 0 Å². The number of nitrogens with one attached hydrogen (secondary N) is 2. The average Bonchev–Trinajstić information content (AvgIpc) is 2.71. The molecule has 0 radical (unpaired) electrons. The van der Waals surface area contributed by atoms with E-state index in [0.29, 0.717) is 30.3 Å². The molecule has 1 aromatic rings. The minimum atomic E-state index is -0.336. The van der Waals surface area contributed by atoms with E-state index in [1.165, 1.54) is 6.42 Å². The number of H-pyrrole nitrogens is 1. The van der Waals surface area contributed by atoms with Crippen molar-refractivity contribution in [3.8, 4) is 0 Å². The zero-order valence-corrected chi connectivity index (χ0v) is 10.5. The largest absolute Gasteiger partial charge is 0.461 e. The number of ether oxygens (including phenoxy) is 1. The molecule has 0 amide bonds. The molecule has 0 spiro atoms. The first kappa shape index (κ1) is 12.1. The maximum atomic E-state index is 11.6. The Morgan fingerprint density at radius 2 is 2.41 bits per heavy atom. The summed E-state index contributed by atoms with van der Waals surface area (Å²) in [6, 6.07) is 0.535. The Labute approximate surface area is 101 Å². The fourth-order valence-electron chi connectivity index (χ4n) is 1.87. The second-order valence-electron chi connectivity index (χ2n) is 5.12. The van der Waals surface area contributed by atoms with E-state index < -0.39 is 0 Å². The summed E-state index contributed by atoms with van der Waals surface area (Å²) < 4.78 is 4.95. The molecule has 5 heteroatoms. The number of nitrogens with zero attached hydrogens (tertiary/aromatic N) is 1. The van der Waals surface area contributed by atoms with Gasteiger partial charge in [0.05, 0.1) is 12.8 Å². The van der Waals surface area contributed by atoms with E-state index in [9.17, 15) is 4.79 Å². The first-order chi connectivity index (χ1) is 8.04. The van der Waals surface area contributed by atoms with Gasteiger partial charge in [-0.2, -0.15) is 5.10 Å². The fraction of sp³-hybridized carbons (Fsp3) is 0.667. The molecule has 1 aliphatic rings. The van der Waals surface area contributed by atoms with Crippen LogP contribution in [0.25, 0.3) is 0 Å². The number of esters is 1. The van der Waals surface area contributed by atoms with Crippen LogP contribution in [-0.2, 0) is 11.3 Å². The maximum Gasteiger partial charge on any atom is 0.356 e. The molecule has 0 aliphatic heterocycles. The van der Waals surface area contributed by atoms with Crippen molar-refractivity contribution in [1.82, 2.24) is 15.5 Å². The van der Waals surface area contributed by atoms with Gasteiger partial charge in [0.2, 0.25) is 0 Å². The van der Waals surface area contributed by atoms with Crippen LogP contribution in [0.3, 0.4) is 0 Å². The molecule has 0 aromatic carbocycles. The summed E-state index contributed by atoms with van der Waals surface area (Å²) >= 11 is 0. The predicted molar refractivity (Wildman–Crippen MR) is 63.6 cm³/mol. The summed E-state index contributed by atoms with van der Waals surface area (Å²) in [5, 5.41) is 10.0. The van der Waals surface area contributed by atoms with Crippen LogP contribution in [0.1, 0.15) is 43.2 Å². The first-order valence-corrected chi connectivity index (χ1v) is 5.97. The Morgan fingerprint density at radius 3 is 3.00 bits per heavy atom. The standard InChI is InChI=1S/C12H19N3O2/c1-4-17-11(16)10-8(7-14-15-10)6-13-9-5-12(9,2)3/h7,9,13H,4-6H2,1-3H3,(H,14,15). The van der Waals surface area contributed by atoms with Gasteiger partial charge in [0, 0.05) is 18.2 Å². The third kappa shape index (κ3) is 2.66. The van der Waals surface area contributed by atoms with Crippen LogP contribution < -0.4 is 5.32 Å². The highest BCUT2D eigenvalue weighted by molar-refractivity contribution is 5.88. The molecule has 0 saturated heterocycles. The lowest BCUT2D eigenvalue weighted by molar-refractivity contribution is 0.0518. The Morgan fingerprint density at radius 1 is 1.71 bits per heavy atom. The SMILES string of the molecule is CCOC(=O)c1[nH]ncc1CNC1CC1(C)C. The Kier molecular flexibility index (Phi) is 3.19. The van der Waals surface area contributed by atoms with Crippen LogP contribution in [0.4, 0.5) is 0 Å². The van der Waals surface area contributed by atoms with Crippen molar-refractivity contribution >= 4 is 5.97 Å². The third-order valence-corrected chi connectivity index (χ3v) is 3.25. The Bertz CT molecular complexity index is 412. The molecule has 0 bridgehead atoms. The van der Waals surface area contributed by atoms with E-state index >= 15 is 0 Å². The molecule has 1 atom stereocenters. The number of aromatic amines is 1. The van der Waals surface area contributed by atoms with Crippen LogP contribution in [0.2, 0.25) is 0 Å². The lowest BCUT2D eigenvalue weighted by atomic mass is 10.2.